The third-order valence-electron chi connectivity index (χ3n) is 3.55. The molecule has 0 saturated carbocycles. The average Bonchev–Trinajstić information content (AvgIpc) is 3.18. The van der Waals surface area contributed by atoms with Crippen molar-refractivity contribution in [1.82, 2.24) is 0 Å². The first kappa shape index (κ1) is 23.1. The summed E-state index contributed by atoms with van der Waals surface area (Å²) in [6, 6.07) is 13.1. The Kier molecular flexibility index (Phi) is 17.1. The summed E-state index contributed by atoms with van der Waals surface area (Å²) < 4.78 is 5.18. The number of benzene rings is 1. The zero-order valence-electron chi connectivity index (χ0n) is 15.8. The van der Waals surface area contributed by atoms with E-state index in [1.807, 2.05) is 30.3 Å². The number of hydrogen-bond acceptors (Lipinski definition) is 3. The lowest BCUT2D eigenvalue weighted by Crippen LogP contribution is -1.80. The van der Waals surface area contributed by atoms with Gasteiger partial charge in [-0.05, 0) is 25.0 Å². The molecule has 0 atom stereocenters. The number of carbonyl (C=O) groups is 1. The van der Waals surface area contributed by atoms with Crippen LogP contribution in [-0.4, -0.2) is 18.0 Å². The standard InChI is InChI=1S/C9H14O.C7H6O.C6H14O/c1-2-3-4-6-9-7-5-8-10-9;8-6-7-4-2-1-3-5-7;1-2-3-4-5-6-7/h5,7-8H,2-4,6H2,1H3;1-6H;7H,2-6H2,1H3. The van der Waals surface area contributed by atoms with Crippen molar-refractivity contribution in [2.75, 3.05) is 6.61 Å². The highest BCUT2D eigenvalue weighted by atomic mass is 16.3. The van der Waals surface area contributed by atoms with Crippen LogP contribution in [0.5, 0.6) is 0 Å². The summed E-state index contributed by atoms with van der Waals surface area (Å²) in [7, 11) is 0. The zero-order valence-corrected chi connectivity index (χ0v) is 15.8. The van der Waals surface area contributed by atoms with Crippen LogP contribution in [0.3, 0.4) is 0 Å². The van der Waals surface area contributed by atoms with Gasteiger partial charge in [-0.3, -0.25) is 4.79 Å². The lowest BCUT2D eigenvalue weighted by Gasteiger charge is -1.93. The number of hydrogen-bond donors (Lipinski definition) is 1. The molecule has 1 aromatic carbocycles. The van der Waals surface area contributed by atoms with E-state index < -0.39 is 0 Å². The maximum atomic E-state index is 10.0. The van der Waals surface area contributed by atoms with Crippen LogP contribution in [0.15, 0.2) is 53.1 Å². The SMILES string of the molecule is CCCCCCO.CCCCCc1ccco1.O=Cc1ccccc1. The molecular weight excluding hydrogens is 312 g/mol. The zero-order chi connectivity index (χ0) is 18.6. The van der Waals surface area contributed by atoms with E-state index in [0.29, 0.717) is 6.61 Å². The Morgan fingerprint density at radius 3 is 2.04 bits per heavy atom. The van der Waals surface area contributed by atoms with Crippen LogP contribution in [0.4, 0.5) is 0 Å². The smallest absolute Gasteiger partial charge is 0.150 e. The average molecular weight is 347 g/mol. The number of aliphatic hydroxyl groups excluding tert-OH is 1. The van der Waals surface area contributed by atoms with Crippen LogP contribution < -0.4 is 0 Å². The second-order valence-corrected chi connectivity index (χ2v) is 5.85. The molecule has 3 heteroatoms. The maximum Gasteiger partial charge on any atom is 0.150 e. The summed E-state index contributed by atoms with van der Waals surface area (Å²) in [5.41, 5.74) is 0.729. The molecule has 1 aromatic heterocycles. The quantitative estimate of drug-likeness (QED) is 0.443. The highest BCUT2D eigenvalue weighted by molar-refractivity contribution is 5.74. The Hall–Kier alpha value is -1.87. The molecule has 0 aliphatic heterocycles. The van der Waals surface area contributed by atoms with Crippen molar-refractivity contribution < 1.29 is 14.3 Å². The van der Waals surface area contributed by atoms with Crippen LogP contribution in [0.25, 0.3) is 0 Å². The van der Waals surface area contributed by atoms with Gasteiger partial charge >= 0.3 is 0 Å². The number of carbonyl (C=O) groups excluding carboxylic acids is 1. The fourth-order valence-corrected chi connectivity index (χ4v) is 2.07. The van der Waals surface area contributed by atoms with Crippen molar-refractivity contribution in [3.63, 3.8) is 0 Å². The van der Waals surface area contributed by atoms with Gasteiger partial charge in [0.15, 0.2) is 0 Å². The maximum absolute atomic E-state index is 10.0. The summed E-state index contributed by atoms with van der Waals surface area (Å²) in [5, 5.41) is 8.29. The van der Waals surface area contributed by atoms with Gasteiger partial charge in [0.2, 0.25) is 0 Å². The molecule has 0 aliphatic rings. The lowest BCUT2D eigenvalue weighted by atomic mass is 10.2. The molecule has 0 fully saturated rings. The molecule has 2 rings (SSSR count). The predicted molar refractivity (Wildman–Crippen MR) is 105 cm³/mol. The lowest BCUT2D eigenvalue weighted by molar-refractivity contribution is 0.112. The topological polar surface area (TPSA) is 50.4 Å². The molecule has 25 heavy (non-hydrogen) atoms. The van der Waals surface area contributed by atoms with E-state index >= 15 is 0 Å². The molecule has 140 valence electrons. The number of unbranched alkanes of at least 4 members (excludes halogenated alkanes) is 5. The van der Waals surface area contributed by atoms with Crippen LogP contribution in [0.1, 0.15) is 74.9 Å². The molecule has 0 bridgehead atoms. The van der Waals surface area contributed by atoms with Crippen molar-refractivity contribution in [2.24, 2.45) is 0 Å². The normalized spacial score (nSPS) is 9.40. The molecule has 0 unspecified atom stereocenters. The molecule has 3 nitrogen and oxygen atoms in total. The van der Waals surface area contributed by atoms with E-state index in [9.17, 15) is 4.79 Å². The molecule has 0 spiro atoms. The van der Waals surface area contributed by atoms with Crippen molar-refractivity contribution in [1.29, 1.82) is 0 Å². The summed E-state index contributed by atoms with van der Waals surface area (Å²) in [5.74, 6) is 1.12. The number of aryl methyl sites for hydroxylation is 1. The second-order valence-electron chi connectivity index (χ2n) is 5.85. The third-order valence-corrected chi connectivity index (χ3v) is 3.55. The summed E-state index contributed by atoms with van der Waals surface area (Å²) in [6.45, 7) is 4.74. The van der Waals surface area contributed by atoms with Gasteiger partial charge in [0.05, 0.1) is 6.26 Å². The summed E-state index contributed by atoms with van der Waals surface area (Å²) in [6.07, 6.45) is 12.2. The van der Waals surface area contributed by atoms with Crippen molar-refractivity contribution in [3.8, 4) is 0 Å². The van der Waals surface area contributed by atoms with E-state index in [-0.39, 0.29) is 0 Å². The largest absolute Gasteiger partial charge is 0.469 e. The molecule has 0 aliphatic carbocycles. The molecule has 1 N–H and O–H groups in total. The van der Waals surface area contributed by atoms with Gasteiger partial charge in [-0.15, -0.1) is 0 Å². The molecule has 2 aromatic rings. The second kappa shape index (κ2) is 18.5. The van der Waals surface area contributed by atoms with E-state index in [2.05, 4.69) is 13.8 Å². The Labute approximate surface area is 153 Å². The Bertz CT molecular complexity index is 473. The van der Waals surface area contributed by atoms with Gasteiger partial charge in [0, 0.05) is 18.6 Å². The number of furan rings is 1. The number of aliphatic hydroxyl groups is 1. The fraction of sp³-hybridized carbons (Fsp3) is 0.500. The van der Waals surface area contributed by atoms with Crippen LogP contribution in [0.2, 0.25) is 0 Å². The Balaban J connectivity index is 0.000000353. The van der Waals surface area contributed by atoms with Crippen LogP contribution >= 0.6 is 0 Å². The number of rotatable bonds is 9. The first-order chi connectivity index (χ1) is 12.3. The fourth-order valence-electron chi connectivity index (χ4n) is 2.07. The van der Waals surface area contributed by atoms with Crippen molar-refractivity contribution >= 4 is 6.29 Å². The van der Waals surface area contributed by atoms with Crippen LogP contribution in [0, 0.1) is 0 Å². The minimum Gasteiger partial charge on any atom is -0.469 e. The van der Waals surface area contributed by atoms with Crippen LogP contribution in [-0.2, 0) is 6.42 Å². The van der Waals surface area contributed by atoms with Gasteiger partial charge in [-0.2, -0.15) is 0 Å². The molecule has 0 saturated heterocycles. The molecular formula is C22H34O3. The van der Waals surface area contributed by atoms with Crippen molar-refractivity contribution in [3.05, 3.63) is 60.1 Å². The highest BCUT2D eigenvalue weighted by Crippen LogP contribution is 2.06. The van der Waals surface area contributed by atoms with Crippen molar-refractivity contribution in [2.45, 2.75) is 65.2 Å². The van der Waals surface area contributed by atoms with E-state index in [1.165, 1.54) is 38.5 Å². The monoisotopic (exact) mass is 346 g/mol. The van der Waals surface area contributed by atoms with E-state index in [4.69, 9.17) is 9.52 Å². The molecule has 1 heterocycles. The Morgan fingerprint density at radius 1 is 0.880 bits per heavy atom. The van der Waals surface area contributed by atoms with Gasteiger partial charge in [0.25, 0.3) is 0 Å². The molecule has 0 amide bonds. The highest BCUT2D eigenvalue weighted by Gasteiger charge is 1.92. The predicted octanol–water partition coefficient (Wildman–Crippen LogP) is 6.07. The van der Waals surface area contributed by atoms with E-state index in [1.54, 1.807) is 18.4 Å². The summed E-state index contributed by atoms with van der Waals surface area (Å²) in [4.78, 5) is 10.0. The summed E-state index contributed by atoms with van der Waals surface area (Å²) >= 11 is 0. The van der Waals surface area contributed by atoms with Gasteiger partial charge in [-0.1, -0.05) is 76.3 Å². The minimum absolute atomic E-state index is 0.361. The Morgan fingerprint density at radius 2 is 1.56 bits per heavy atom. The van der Waals surface area contributed by atoms with Gasteiger partial charge < -0.3 is 9.52 Å². The van der Waals surface area contributed by atoms with E-state index in [0.717, 1.165) is 30.5 Å². The third kappa shape index (κ3) is 15.4. The first-order valence-corrected chi connectivity index (χ1v) is 9.41. The van der Waals surface area contributed by atoms with Gasteiger partial charge in [-0.25, -0.2) is 0 Å². The minimum atomic E-state index is 0.361. The first-order valence-electron chi connectivity index (χ1n) is 9.41. The van der Waals surface area contributed by atoms with Gasteiger partial charge in [0.1, 0.15) is 12.0 Å². The number of aldehydes is 1. The molecule has 0 radical (unpaired) electrons.